The molecule has 0 radical (unpaired) electrons. The second-order valence-electron chi connectivity index (χ2n) is 10.5. The van der Waals surface area contributed by atoms with Crippen LogP contribution in [0, 0.1) is 0 Å². The van der Waals surface area contributed by atoms with E-state index >= 15 is 0 Å². The first kappa shape index (κ1) is 32.7. The van der Waals surface area contributed by atoms with Crippen molar-refractivity contribution in [2.24, 2.45) is 0 Å². The van der Waals surface area contributed by atoms with Crippen LogP contribution in [0.1, 0.15) is 26.8 Å². The largest absolute Gasteiger partial charge is 0.508 e. The number of rotatable bonds is 11. The van der Waals surface area contributed by atoms with Gasteiger partial charge < -0.3 is 20.5 Å². The second kappa shape index (κ2) is 13.6. The molecule has 0 spiro atoms. The molecule has 4 aromatic carbocycles. The van der Waals surface area contributed by atoms with Gasteiger partial charge in [0, 0.05) is 35.1 Å². The van der Waals surface area contributed by atoms with Crippen molar-refractivity contribution >= 4 is 50.0 Å². The lowest BCUT2D eigenvalue weighted by atomic mass is 9.94. The van der Waals surface area contributed by atoms with Crippen molar-refractivity contribution in [1.29, 1.82) is 0 Å². The van der Waals surface area contributed by atoms with Crippen LogP contribution in [0.3, 0.4) is 0 Å². The van der Waals surface area contributed by atoms with Crippen molar-refractivity contribution in [3.05, 3.63) is 103 Å². The van der Waals surface area contributed by atoms with Gasteiger partial charge in [0.05, 0.1) is 29.6 Å². The Bertz CT molecular complexity index is 1920. The number of nitrogens with one attached hydrogen (secondary N) is 4. The van der Waals surface area contributed by atoms with E-state index in [1.54, 1.807) is 36.4 Å². The smallest absolute Gasteiger partial charge is 0.263 e. The van der Waals surface area contributed by atoms with Crippen LogP contribution in [0.5, 0.6) is 11.5 Å². The van der Waals surface area contributed by atoms with Crippen LogP contribution in [0.4, 0.5) is 23.0 Å². The summed E-state index contributed by atoms with van der Waals surface area (Å²) < 4.78 is 34.9. The number of hydrogen-bond acceptors (Lipinski definition) is 9. The second-order valence-corrected chi connectivity index (χ2v) is 12.2. The molecule has 0 aliphatic heterocycles. The summed E-state index contributed by atoms with van der Waals surface area (Å²) in [5, 5.41) is 19.1. The Morgan fingerprint density at radius 2 is 1.51 bits per heavy atom. The zero-order valence-corrected chi connectivity index (χ0v) is 25.1. The zero-order chi connectivity index (χ0) is 31.3. The highest BCUT2D eigenvalue weighted by molar-refractivity contribution is 7.92. The number of methoxy groups -OCH3 is 1. The van der Waals surface area contributed by atoms with Crippen LogP contribution in [0.2, 0.25) is 0 Å². The number of nitrogens with zero attached hydrogens (tertiary/aromatic N) is 2. The van der Waals surface area contributed by atoms with E-state index in [9.17, 15) is 18.3 Å². The van der Waals surface area contributed by atoms with Crippen molar-refractivity contribution in [3.8, 4) is 11.5 Å². The average Bonchev–Trinajstić information content (AvgIpc) is 3.00. The molecule has 12 heteroatoms. The number of amides is 1. The Morgan fingerprint density at radius 1 is 0.844 bits per heavy atom. The lowest BCUT2D eigenvalue weighted by Gasteiger charge is -2.26. The number of fused-ring (bicyclic) bond motifs is 1. The summed E-state index contributed by atoms with van der Waals surface area (Å²) in [7, 11) is -2.72. The van der Waals surface area contributed by atoms with Crippen molar-refractivity contribution in [1.82, 2.24) is 15.3 Å². The number of para-hydroxylation sites is 2. The van der Waals surface area contributed by atoms with Crippen molar-refractivity contribution in [3.63, 3.8) is 0 Å². The molecule has 1 amide bonds. The van der Waals surface area contributed by atoms with Gasteiger partial charge >= 0.3 is 0 Å². The SMILES string of the molecule is C.COc1cc(O)cc(Nc2nc3ccccc3nc2NS(=O)(=O)c2cccc(NC(=O)CNC(C)(C)c3ccccc3)c2)c1. The summed E-state index contributed by atoms with van der Waals surface area (Å²) in [6.07, 6.45) is 0. The Balaban J connectivity index is 0.00000461. The van der Waals surface area contributed by atoms with E-state index in [0.29, 0.717) is 28.2 Å². The molecule has 45 heavy (non-hydrogen) atoms. The lowest BCUT2D eigenvalue weighted by Crippen LogP contribution is -2.41. The van der Waals surface area contributed by atoms with E-state index in [0.717, 1.165) is 5.56 Å². The van der Waals surface area contributed by atoms with E-state index < -0.39 is 15.6 Å². The first-order chi connectivity index (χ1) is 21.0. The normalized spacial score (nSPS) is 11.4. The maximum Gasteiger partial charge on any atom is 0.263 e. The number of phenols is 1. The molecule has 0 fully saturated rings. The van der Waals surface area contributed by atoms with Gasteiger partial charge in [0.1, 0.15) is 11.5 Å². The molecule has 234 valence electrons. The van der Waals surface area contributed by atoms with Crippen LogP contribution in [0.25, 0.3) is 11.0 Å². The molecule has 0 aliphatic carbocycles. The van der Waals surface area contributed by atoms with Gasteiger partial charge in [0.15, 0.2) is 11.6 Å². The number of anilines is 4. The number of aromatic hydroxyl groups is 1. The van der Waals surface area contributed by atoms with E-state index in [1.165, 1.54) is 37.4 Å². The van der Waals surface area contributed by atoms with Crippen molar-refractivity contribution in [2.45, 2.75) is 31.7 Å². The molecule has 5 rings (SSSR count). The fourth-order valence-electron chi connectivity index (χ4n) is 4.46. The van der Waals surface area contributed by atoms with Gasteiger partial charge in [-0.15, -0.1) is 0 Å². The number of benzene rings is 4. The highest BCUT2D eigenvalue weighted by Crippen LogP contribution is 2.31. The monoisotopic (exact) mass is 628 g/mol. The number of carbonyl (C=O) groups excluding carboxylic acids is 1. The molecule has 11 nitrogen and oxygen atoms in total. The third-order valence-electron chi connectivity index (χ3n) is 6.81. The number of carbonyl (C=O) groups is 1. The molecule has 0 bridgehead atoms. The maximum atomic E-state index is 13.6. The van der Waals surface area contributed by atoms with Crippen LogP contribution >= 0.6 is 0 Å². The predicted molar refractivity (Wildman–Crippen MR) is 178 cm³/mol. The molecule has 1 heterocycles. The Labute approximate surface area is 262 Å². The fraction of sp³-hybridized carbons (Fsp3) is 0.182. The van der Waals surface area contributed by atoms with Crippen LogP contribution in [0.15, 0.2) is 102 Å². The summed E-state index contributed by atoms with van der Waals surface area (Å²) in [4.78, 5) is 21.7. The maximum absolute atomic E-state index is 13.6. The molecule has 0 unspecified atom stereocenters. The number of ether oxygens (including phenoxy) is 1. The molecule has 0 saturated carbocycles. The van der Waals surface area contributed by atoms with Gasteiger partial charge in [-0.05, 0) is 49.7 Å². The minimum Gasteiger partial charge on any atom is -0.508 e. The summed E-state index contributed by atoms with van der Waals surface area (Å²) >= 11 is 0. The molecule has 5 aromatic rings. The predicted octanol–water partition coefficient (Wildman–Crippen LogP) is 5.99. The van der Waals surface area contributed by atoms with Gasteiger partial charge in [0.25, 0.3) is 10.0 Å². The first-order valence-electron chi connectivity index (χ1n) is 13.7. The number of sulfonamides is 1. The Kier molecular flexibility index (Phi) is 9.90. The minimum atomic E-state index is -4.18. The molecule has 0 saturated heterocycles. The number of phenolic OH excluding ortho intramolecular Hbond substituents is 1. The highest BCUT2D eigenvalue weighted by Gasteiger charge is 2.22. The minimum absolute atomic E-state index is 0. The Hall–Kier alpha value is -5.20. The lowest BCUT2D eigenvalue weighted by molar-refractivity contribution is -0.115. The van der Waals surface area contributed by atoms with E-state index in [-0.39, 0.29) is 42.2 Å². The number of hydrogen-bond donors (Lipinski definition) is 5. The Morgan fingerprint density at radius 3 is 2.20 bits per heavy atom. The third-order valence-corrected chi connectivity index (χ3v) is 8.14. The summed E-state index contributed by atoms with van der Waals surface area (Å²) in [5.41, 5.74) is 2.28. The number of aromatic nitrogens is 2. The third kappa shape index (κ3) is 8.05. The van der Waals surface area contributed by atoms with Gasteiger partial charge in [-0.2, -0.15) is 0 Å². The van der Waals surface area contributed by atoms with Gasteiger partial charge in [-0.25, -0.2) is 18.4 Å². The van der Waals surface area contributed by atoms with E-state index in [2.05, 4.69) is 30.6 Å². The molecular formula is C33H36N6O5S. The highest BCUT2D eigenvalue weighted by atomic mass is 32.2. The van der Waals surface area contributed by atoms with E-state index in [4.69, 9.17) is 4.74 Å². The molecular weight excluding hydrogens is 592 g/mol. The standard InChI is InChI=1S/C32H32N6O5S.CH4/c1-32(2,21-10-5-4-6-11-21)33-20-29(40)34-22-12-9-13-26(18-22)44(41,42)38-31-30(36-27-14-7-8-15-28(27)37-31)35-23-16-24(39)19-25(17-23)43-3;/h4-19,33,39H,20H2,1-3H3,(H,34,40)(H,35,36)(H,37,38);1H4. The molecule has 5 N–H and O–H groups in total. The molecule has 0 aliphatic rings. The van der Waals surface area contributed by atoms with Gasteiger partial charge in [0.2, 0.25) is 5.91 Å². The van der Waals surface area contributed by atoms with Gasteiger partial charge in [-0.1, -0.05) is 56.0 Å². The van der Waals surface area contributed by atoms with Crippen molar-refractivity contribution in [2.75, 3.05) is 29.0 Å². The zero-order valence-electron chi connectivity index (χ0n) is 24.3. The van der Waals surface area contributed by atoms with Crippen LogP contribution in [-0.4, -0.2) is 43.1 Å². The summed E-state index contributed by atoms with van der Waals surface area (Å²) in [6.45, 7) is 3.97. The first-order valence-corrected chi connectivity index (χ1v) is 15.2. The van der Waals surface area contributed by atoms with Crippen molar-refractivity contribution < 1.29 is 23.1 Å². The van der Waals surface area contributed by atoms with E-state index in [1.807, 2.05) is 44.2 Å². The fourth-order valence-corrected chi connectivity index (χ4v) is 5.51. The topological polar surface area (TPSA) is 155 Å². The van der Waals surface area contributed by atoms with Crippen LogP contribution in [-0.2, 0) is 20.4 Å². The average molecular weight is 629 g/mol. The molecule has 1 aromatic heterocycles. The summed E-state index contributed by atoms with van der Waals surface area (Å²) in [6, 6.07) is 27.2. The summed E-state index contributed by atoms with van der Waals surface area (Å²) in [5.74, 6) is 0.0516. The van der Waals surface area contributed by atoms with Gasteiger partial charge in [-0.3, -0.25) is 14.8 Å². The van der Waals surface area contributed by atoms with Crippen LogP contribution < -0.4 is 25.4 Å². The molecule has 0 atom stereocenters. The quantitative estimate of drug-likeness (QED) is 0.119.